The smallest absolute Gasteiger partial charge is 0.321 e. The van der Waals surface area contributed by atoms with Gasteiger partial charge in [-0.05, 0) is 81.4 Å². The van der Waals surface area contributed by atoms with Crippen LogP contribution in [-0.2, 0) is 5.54 Å². The average Bonchev–Trinajstić information content (AvgIpc) is 2.88. The second kappa shape index (κ2) is 10.2. The van der Waals surface area contributed by atoms with Gasteiger partial charge in [0.1, 0.15) is 0 Å². The van der Waals surface area contributed by atoms with E-state index in [1.807, 2.05) is 42.3 Å². The molecule has 184 valence electrons. The highest BCUT2D eigenvalue weighted by Crippen LogP contribution is 2.48. The third-order valence-corrected chi connectivity index (χ3v) is 7.75. The Bertz CT molecular complexity index is 1140. The zero-order valence-electron chi connectivity index (χ0n) is 21.6. The van der Waals surface area contributed by atoms with E-state index in [-0.39, 0.29) is 17.0 Å². The number of nitrogens with one attached hydrogen (secondary N) is 1. The zero-order valence-corrected chi connectivity index (χ0v) is 21.6. The van der Waals surface area contributed by atoms with E-state index in [4.69, 9.17) is 0 Å². The molecule has 2 amide bonds. The van der Waals surface area contributed by atoms with E-state index < -0.39 is 0 Å². The molecule has 1 N–H and O–H groups in total. The third-order valence-electron chi connectivity index (χ3n) is 7.75. The normalized spacial score (nSPS) is 22.1. The van der Waals surface area contributed by atoms with E-state index in [1.54, 1.807) is 13.2 Å². The summed E-state index contributed by atoms with van der Waals surface area (Å²) in [6, 6.07) is 18.6. The van der Waals surface area contributed by atoms with Gasteiger partial charge in [-0.2, -0.15) is 0 Å². The minimum absolute atomic E-state index is 0.00684. The zero-order chi connectivity index (χ0) is 25.1. The van der Waals surface area contributed by atoms with Crippen molar-refractivity contribution in [3.8, 4) is 11.4 Å². The molecule has 4 rings (SSSR count). The van der Waals surface area contributed by atoms with Crippen LogP contribution in [0.25, 0.3) is 11.4 Å². The summed E-state index contributed by atoms with van der Waals surface area (Å²) in [6.45, 7) is 5.00. The first-order valence-corrected chi connectivity index (χ1v) is 12.4. The Balaban J connectivity index is 1.58. The first-order chi connectivity index (χ1) is 16.8. The van der Waals surface area contributed by atoms with Gasteiger partial charge < -0.3 is 5.32 Å². The molecule has 0 unspecified atom stereocenters. The van der Waals surface area contributed by atoms with Crippen LogP contribution in [0.1, 0.15) is 43.7 Å². The predicted octanol–water partition coefficient (Wildman–Crippen LogP) is 5.64. The topological polar surface area (TPSA) is 61.4 Å². The highest BCUT2D eigenvalue weighted by atomic mass is 16.2. The molecular formula is C29H37N5O. The summed E-state index contributed by atoms with van der Waals surface area (Å²) in [4.78, 5) is 26.4. The lowest BCUT2D eigenvalue weighted by atomic mass is 9.65. The Labute approximate surface area is 209 Å². The first-order valence-electron chi connectivity index (χ1n) is 12.4. The fourth-order valence-electron chi connectivity index (χ4n) is 5.44. The van der Waals surface area contributed by atoms with E-state index in [1.165, 1.54) is 5.56 Å². The highest BCUT2D eigenvalue weighted by molar-refractivity contribution is 5.92. The van der Waals surface area contributed by atoms with Gasteiger partial charge in [-0.1, -0.05) is 43.3 Å². The summed E-state index contributed by atoms with van der Waals surface area (Å²) in [6.07, 6.45) is 7.76. The number of carbonyl (C=O) groups excluding carboxylic acids is 1. The molecule has 1 saturated carbocycles. The second-order valence-corrected chi connectivity index (χ2v) is 10.3. The Morgan fingerprint density at radius 2 is 1.66 bits per heavy atom. The number of urea groups is 1. The number of aryl methyl sites for hydroxylation is 1. The summed E-state index contributed by atoms with van der Waals surface area (Å²) in [5, 5.41) is 2.84. The van der Waals surface area contributed by atoms with Crippen molar-refractivity contribution in [1.82, 2.24) is 20.2 Å². The number of pyridine rings is 2. The summed E-state index contributed by atoms with van der Waals surface area (Å²) >= 11 is 0. The van der Waals surface area contributed by atoms with Gasteiger partial charge in [-0.15, -0.1) is 0 Å². The van der Waals surface area contributed by atoms with Gasteiger partial charge in [0.15, 0.2) is 0 Å². The molecule has 3 aromatic rings. The molecule has 1 aliphatic carbocycles. The first kappa shape index (κ1) is 24.9. The Morgan fingerprint density at radius 1 is 0.971 bits per heavy atom. The third kappa shape index (κ3) is 5.08. The van der Waals surface area contributed by atoms with Crippen molar-refractivity contribution in [3.63, 3.8) is 0 Å². The molecule has 2 heterocycles. The molecule has 6 nitrogen and oxygen atoms in total. The molecule has 2 aromatic heterocycles. The van der Waals surface area contributed by atoms with E-state index in [0.29, 0.717) is 6.54 Å². The largest absolute Gasteiger partial charge is 0.341 e. The van der Waals surface area contributed by atoms with Gasteiger partial charge in [0.2, 0.25) is 0 Å². The number of hydrogen-bond acceptors (Lipinski definition) is 4. The highest BCUT2D eigenvalue weighted by Gasteiger charge is 2.44. The van der Waals surface area contributed by atoms with E-state index in [0.717, 1.165) is 48.3 Å². The van der Waals surface area contributed by atoms with Crippen LogP contribution in [0.5, 0.6) is 0 Å². The molecule has 0 aliphatic heterocycles. The SMILES string of the molecule is CNC(=O)N(C[C@]1(C)CC[C@@](c2ccccc2)(N(C)C)CC1)c1cnc(-c2ccccn2)cc1C. The average molecular weight is 472 g/mol. The molecule has 0 radical (unpaired) electrons. The van der Waals surface area contributed by atoms with Crippen molar-refractivity contribution in [2.45, 2.75) is 45.1 Å². The molecule has 0 spiro atoms. The molecule has 1 fully saturated rings. The molecule has 35 heavy (non-hydrogen) atoms. The second-order valence-electron chi connectivity index (χ2n) is 10.3. The number of amides is 2. The number of aromatic nitrogens is 2. The van der Waals surface area contributed by atoms with Crippen LogP contribution < -0.4 is 10.2 Å². The maximum absolute atomic E-state index is 13.1. The predicted molar refractivity (Wildman–Crippen MR) is 142 cm³/mol. The summed E-state index contributed by atoms with van der Waals surface area (Å²) in [7, 11) is 6.06. The van der Waals surface area contributed by atoms with E-state index in [9.17, 15) is 4.79 Å². The van der Waals surface area contributed by atoms with Crippen LogP contribution in [0.4, 0.5) is 10.5 Å². The monoisotopic (exact) mass is 471 g/mol. The standard InChI is InChI=1S/C29H37N5O/c1-22-19-25(24-13-9-10-18-31-24)32-20-26(22)34(27(35)30-3)21-28(2)14-16-29(17-15-28,33(4)5)23-11-7-6-8-12-23/h6-13,18-20H,14-17,21H2,1-5H3,(H,30,35)/t28-,29-. The van der Waals surface area contributed by atoms with Crippen LogP contribution >= 0.6 is 0 Å². The van der Waals surface area contributed by atoms with Crippen LogP contribution in [0, 0.1) is 12.3 Å². The van der Waals surface area contributed by atoms with Gasteiger partial charge in [0.05, 0.1) is 23.3 Å². The van der Waals surface area contributed by atoms with Gasteiger partial charge in [-0.3, -0.25) is 19.8 Å². The summed E-state index contributed by atoms with van der Waals surface area (Å²) < 4.78 is 0. The maximum Gasteiger partial charge on any atom is 0.321 e. The molecule has 0 atom stereocenters. The minimum Gasteiger partial charge on any atom is -0.341 e. The van der Waals surface area contributed by atoms with E-state index in [2.05, 4.69) is 71.5 Å². The number of rotatable bonds is 6. The Kier molecular flexibility index (Phi) is 7.22. The molecule has 1 aliphatic rings. The van der Waals surface area contributed by atoms with Gasteiger partial charge in [0.25, 0.3) is 0 Å². The number of nitrogens with zero attached hydrogens (tertiary/aromatic N) is 4. The van der Waals surface area contributed by atoms with Crippen molar-refractivity contribution in [2.75, 3.05) is 32.6 Å². The van der Waals surface area contributed by atoms with Crippen molar-refractivity contribution >= 4 is 11.7 Å². The van der Waals surface area contributed by atoms with Crippen LogP contribution in [0.3, 0.4) is 0 Å². The lowest BCUT2D eigenvalue weighted by molar-refractivity contribution is 0.0459. The van der Waals surface area contributed by atoms with Gasteiger partial charge >= 0.3 is 6.03 Å². The fourth-order valence-corrected chi connectivity index (χ4v) is 5.44. The van der Waals surface area contributed by atoms with Crippen LogP contribution in [0.15, 0.2) is 67.0 Å². The fraction of sp³-hybridized carbons (Fsp3) is 0.414. The van der Waals surface area contributed by atoms with Crippen molar-refractivity contribution in [2.24, 2.45) is 5.41 Å². The van der Waals surface area contributed by atoms with Crippen LogP contribution in [0.2, 0.25) is 0 Å². The van der Waals surface area contributed by atoms with Crippen LogP contribution in [-0.4, -0.2) is 48.6 Å². The molecular weight excluding hydrogens is 434 g/mol. The number of benzene rings is 1. The summed E-state index contributed by atoms with van der Waals surface area (Å²) in [5.41, 5.74) is 4.90. The molecule has 0 bridgehead atoms. The van der Waals surface area contributed by atoms with E-state index >= 15 is 0 Å². The van der Waals surface area contributed by atoms with Gasteiger partial charge in [0, 0.05) is 25.3 Å². The maximum atomic E-state index is 13.1. The molecule has 0 saturated heterocycles. The number of hydrogen-bond donors (Lipinski definition) is 1. The Morgan fingerprint density at radius 3 is 2.23 bits per heavy atom. The van der Waals surface area contributed by atoms with Crippen molar-refractivity contribution in [3.05, 3.63) is 78.1 Å². The Hall–Kier alpha value is -3.25. The lowest BCUT2D eigenvalue weighted by Crippen LogP contribution is -2.50. The number of anilines is 1. The molecule has 1 aromatic carbocycles. The number of carbonyl (C=O) groups is 1. The quantitative estimate of drug-likeness (QED) is 0.506. The molecule has 6 heteroatoms. The lowest BCUT2D eigenvalue weighted by Gasteiger charge is -2.50. The van der Waals surface area contributed by atoms with Gasteiger partial charge in [-0.25, -0.2) is 4.79 Å². The minimum atomic E-state index is -0.103. The van der Waals surface area contributed by atoms with Crippen molar-refractivity contribution in [1.29, 1.82) is 0 Å². The summed E-state index contributed by atoms with van der Waals surface area (Å²) in [5.74, 6) is 0. The van der Waals surface area contributed by atoms with Crippen molar-refractivity contribution < 1.29 is 4.79 Å².